The predicted molar refractivity (Wildman–Crippen MR) is 126 cm³/mol. The molecule has 1 aliphatic rings. The van der Waals surface area contributed by atoms with Gasteiger partial charge in [-0.15, -0.1) is 0 Å². The van der Waals surface area contributed by atoms with Gasteiger partial charge in [0.1, 0.15) is 22.9 Å². The number of pyridine rings is 1. The van der Waals surface area contributed by atoms with Gasteiger partial charge in [0.25, 0.3) is 5.91 Å². The lowest BCUT2D eigenvalue weighted by molar-refractivity contribution is -0.143. The van der Waals surface area contributed by atoms with Gasteiger partial charge in [0, 0.05) is 31.9 Å². The van der Waals surface area contributed by atoms with E-state index in [0.717, 1.165) is 0 Å². The second-order valence-corrected chi connectivity index (χ2v) is 8.47. The quantitative estimate of drug-likeness (QED) is 0.389. The smallest absolute Gasteiger partial charge is 0.416 e. The fourth-order valence-electron chi connectivity index (χ4n) is 3.84. The highest BCUT2D eigenvalue weighted by atomic mass is 19.4. The Morgan fingerprint density at radius 1 is 0.947 bits per heavy atom. The summed E-state index contributed by atoms with van der Waals surface area (Å²) in [6.45, 7) is 2.02. The molecule has 3 aromatic rings. The average molecular weight is 539 g/mol. The molecular weight excluding hydrogens is 516 g/mol. The Labute approximate surface area is 214 Å². The summed E-state index contributed by atoms with van der Waals surface area (Å²) in [6.07, 6.45) is -8.83. The van der Waals surface area contributed by atoms with Crippen LogP contribution < -0.4 is 15.0 Å². The average Bonchev–Trinajstić information content (AvgIpc) is 2.88. The maximum absolute atomic E-state index is 13.1. The largest absolute Gasteiger partial charge is 0.456 e. The van der Waals surface area contributed by atoms with Gasteiger partial charge in [0.15, 0.2) is 0 Å². The van der Waals surface area contributed by atoms with Gasteiger partial charge < -0.3 is 19.7 Å². The van der Waals surface area contributed by atoms with Crippen LogP contribution in [-0.2, 0) is 23.5 Å². The topological polar surface area (TPSA) is 63.7 Å². The molecule has 1 amide bonds. The van der Waals surface area contributed by atoms with Crippen molar-refractivity contribution in [3.8, 4) is 11.5 Å². The molecule has 1 fully saturated rings. The number of hydrogen-bond donors (Lipinski definition) is 1. The third kappa shape index (κ3) is 6.94. The van der Waals surface area contributed by atoms with Gasteiger partial charge in [-0.2, -0.15) is 26.3 Å². The monoisotopic (exact) mass is 539 g/mol. The zero-order valence-electron chi connectivity index (χ0n) is 19.9. The SMILES string of the molecule is O=C(NCCc1cc(C(F)(F)F)cc(C(F)(F)F)c1)c1cnc(N2CCOCC2)cc1Oc1ccccc1. The minimum absolute atomic E-state index is 0.0610. The van der Waals surface area contributed by atoms with Crippen LogP contribution in [0.25, 0.3) is 0 Å². The summed E-state index contributed by atoms with van der Waals surface area (Å²) in [6, 6.07) is 11.7. The number of carbonyl (C=O) groups is 1. The molecule has 1 saturated heterocycles. The van der Waals surface area contributed by atoms with E-state index in [1.165, 1.54) is 6.20 Å². The molecule has 4 rings (SSSR count). The maximum atomic E-state index is 13.1. The van der Waals surface area contributed by atoms with Gasteiger partial charge in [-0.3, -0.25) is 4.79 Å². The Kier molecular flexibility index (Phi) is 8.10. The maximum Gasteiger partial charge on any atom is 0.416 e. The predicted octanol–water partition coefficient (Wildman–Crippen LogP) is 5.72. The van der Waals surface area contributed by atoms with Crippen LogP contribution in [0.4, 0.5) is 32.2 Å². The van der Waals surface area contributed by atoms with Gasteiger partial charge in [-0.05, 0) is 42.3 Å². The highest BCUT2D eigenvalue weighted by Crippen LogP contribution is 2.36. The van der Waals surface area contributed by atoms with Crippen LogP contribution in [0.2, 0.25) is 0 Å². The molecule has 0 saturated carbocycles. The van der Waals surface area contributed by atoms with Crippen molar-refractivity contribution in [2.45, 2.75) is 18.8 Å². The van der Waals surface area contributed by atoms with Crippen LogP contribution in [0, 0.1) is 0 Å². The number of rotatable bonds is 7. The second-order valence-electron chi connectivity index (χ2n) is 8.47. The Hall–Kier alpha value is -3.80. The van der Waals surface area contributed by atoms with Crippen LogP contribution in [0.3, 0.4) is 0 Å². The van der Waals surface area contributed by atoms with Crippen molar-refractivity contribution in [1.29, 1.82) is 0 Å². The highest BCUT2D eigenvalue weighted by molar-refractivity contribution is 5.97. The molecule has 1 aliphatic heterocycles. The molecule has 12 heteroatoms. The molecule has 1 aromatic heterocycles. The van der Waals surface area contributed by atoms with E-state index in [1.54, 1.807) is 36.4 Å². The van der Waals surface area contributed by atoms with Crippen LogP contribution >= 0.6 is 0 Å². The van der Waals surface area contributed by atoms with E-state index in [9.17, 15) is 31.1 Å². The van der Waals surface area contributed by atoms with Gasteiger partial charge in [-0.25, -0.2) is 4.98 Å². The lowest BCUT2D eigenvalue weighted by Gasteiger charge is -2.28. The standard InChI is InChI=1S/C26H23F6N3O3/c27-25(28,29)18-12-17(13-19(14-18)26(30,31)32)6-7-33-24(36)21-16-34-23(35-8-10-37-11-9-35)15-22(21)38-20-4-2-1-3-5-20/h1-5,12-16H,6-11H2,(H,33,36). The second kappa shape index (κ2) is 11.3. The molecule has 38 heavy (non-hydrogen) atoms. The third-order valence-corrected chi connectivity index (χ3v) is 5.75. The molecule has 202 valence electrons. The number of carbonyl (C=O) groups excluding carboxylic acids is 1. The number of ether oxygens (including phenoxy) is 2. The minimum Gasteiger partial charge on any atom is -0.456 e. The van der Waals surface area contributed by atoms with Crippen molar-refractivity contribution in [1.82, 2.24) is 10.3 Å². The van der Waals surface area contributed by atoms with Gasteiger partial charge in [-0.1, -0.05) is 18.2 Å². The summed E-state index contributed by atoms with van der Waals surface area (Å²) in [5, 5.41) is 2.53. The van der Waals surface area contributed by atoms with Crippen molar-refractivity contribution >= 4 is 11.7 Å². The van der Waals surface area contributed by atoms with Crippen LogP contribution in [0.5, 0.6) is 11.5 Å². The van der Waals surface area contributed by atoms with Crippen LogP contribution in [0.15, 0.2) is 60.8 Å². The summed E-state index contributed by atoms with van der Waals surface area (Å²) < 4.78 is 90.1. The number of benzene rings is 2. The fraction of sp³-hybridized carbons (Fsp3) is 0.308. The first-order valence-electron chi connectivity index (χ1n) is 11.6. The van der Waals surface area contributed by atoms with Crippen molar-refractivity contribution in [3.63, 3.8) is 0 Å². The fourth-order valence-corrected chi connectivity index (χ4v) is 3.84. The Morgan fingerprint density at radius 3 is 2.18 bits per heavy atom. The number of hydrogen-bond acceptors (Lipinski definition) is 5. The lowest BCUT2D eigenvalue weighted by Crippen LogP contribution is -2.36. The zero-order valence-corrected chi connectivity index (χ0v) is 19.9. The van der Waals surface area contributed by atoms with Crippen molar-refractivity contribution in [2.75, 3.05) is 37.7 Å². The molecule has 0 atom stereocenters. The molecule has 2 aromatic carbocycles. The minimum atomic E-state index is -4.95. The summed E-state index contributed by atoms with van der Waals surface area (Å²) in [5.74, 6) is 0.590. The molecule has 0 spiro atoms. The number of alkyl halides is 6. The van der Waals surface area contributed by atoms with Gasteiger partial charge >= 0.3 is 12.4 Å². The first-order valence-corrected chi connectivity index (χ1v) is 11.6. The van der Waals surface area contributed by atoms with E-state index in [2.05, 4.69) is 10.3 Å². The molecule has 0 radical (unpaired) electrons. The van der Waals surface area contributed by atoms with E-state index in [4.69, 9.17) is 9.47 Å². The summed E-state index contributed by atoms with van der Waals surface area (Å²) in [5.41, 5.74) is -2.97. The van der Waals surface area contributed by atoms with Gasteiger partial charge in [0.05, 0.1) is 24.3 Å². The summed E-state index contributed by atoms with van der Waals surface area (Å²) in [4.78, 5) is 19.3. The number of morpholine rings is 1. The molecule has 6 nitrogen and oxygen atoms in total. The van der Waals surface area contributed by atoms with Crippen molar-refractivity contribution in [2.24, 2.45) is 0 Å². The molecule has 0 aliphatic carbocycles. The van der Waals surface area contributed by atoms with Crippen LogP contribution in [-0.4, -0.2) is 43.7 Å². The molecule has 2 heterocycles. The third-order valence-electron chi connectivity index (χ3n) is 5.75. The van der Waals surface area contributed by atoms with E-state index >= 15 is 0 Å². The summed E-state index contributed by atoms with van der Waals surface area (Å²) in [7, 11) is 0. The molecular formula is C26H23F6N3O3. The Morgan fingerprint density at radius 2 is 1.58 bits per heavy atom. The first kappa shape index (κ1) is 27.2. The molecule has 0 unspecified atom stereocenters. The van der Waals surface area contributed by atoms with E-state index in [-0.39, 0.29) is 35.9 Å². The number of nitrogens with one attached hydrogen (secondary N) is 1. The molecule has 0 bridgehead atoms. The van der Waals surface area contributed by atoms with Crippen LogP contribution in [0.1, 0.15) is 27.0 Å². The van der Waals surface area contributed by atoms with E-state index < -0.39 is 29.4 Å². The Balaban J connectivity index is 1.52. The normalized spacial score (nSPS) is 14.3. The molecule has 1 N–H and O–H groups in total. The van der Waals surface area contributed by atoms with Crippen molar-refractivity contribution in [3.05, 3.63) is 83.0 Å². The van der Waals surface area contributed by atoms with Gasteiger partial charge in [0.2, 0.25) is 0 Å². The highest BCUT2D eigenvalue weighted by Gasteiger charge is 2.36. The number of para-hydroxylation sites is 1. The number of aromatic nitrogens is 1. The number of anilines is 1. The Bertz CT molecular complexity index is 1230. The van der Waals surface area contributed by atoms with Crippen molar-refractivity contribution < 1.29 is 40.6 Å². The number of halogens is 6. The number of nitrogens with zero attached hydrogens (tertiary/aromatic N) is 2. The zero-order chi connectivity index (χ0) is 27.3. The lowest BCUT2D eigenvalue weighted by atomic mass is 10.0. The first-order chi connectivity index (χ1) is 18.0. The van der Waals surface area contributed by atoms with E-state index in [1.807, 2.05) is 4.90 Å². The number of amides is 1. The van der Waals surface area contributed by atoms with E-state index in [0.29, 0.717) is 50.0 Å². The summed E-state index contributed by atoms with van der Waals surface area (Å²) >= 11 is 0.